The summed E-state index contributed by atoms with van der Waals surface area (Å²) in [5.74, 6) is 0.681. The Bertz CT molecular complexity index is 954. The molecule has 0 amide bonds. The summed E-state index contributed by atoms with van der Waals surface area (Å²) >= 11 is 14.3. The molecule has 0 aliphatic heterocycles. The highest BCUT2D eigenvalue weighted by molar-refractivity contribution is 7.16. The first kappa shape index (κ1) is 19.7. The lowest BCUT2D eigenvalue weighted by atomic mass is 10.0. The molecule has 2 aromatic heterocycles. The van der Waals surface area contributed by atoms with Gasteiger partial charge in [-0.3, -0.25) is 4.98 Å². The van der Waals surface area contributed by atoms with E-state index < -0.39 is 0 Å². The number of nitrogens with zero attached hydrogens (tertiary/aromatic N) is 3. The molecule has 0 N–H and O–H groups in total. The first-order chi connectivity index (χ1) is 13.6. The molecular weight excluding hydrogens is 409 g/mol. The quantitative estimate of drug-likeness (QED) is 0.396. The molecule has 1 aromatic carbocycles. The van der Waals surface area contributed by atoms with Crippen LogP contribution in [0.1, 0.15) is 42.7 Å². The average molecular weight is 432 g/mol. The van der Waals surface area contributed by atoms with Crippen LogP contribution >= 0.6 is 34.5 Å². The zero-order valence-electron chi connectivity index (χ0n) is 16.0. The van der Waals surface area contributed by atoms with E-state index in [-0.39, 0.29) is 0 Å². The minimum atomic E-state index is 0.349. The number of aromatic nitrogens is 2. The van der Waals surface area contributed by atoms with Crippen molar-refractivity contribution in [3.8, 4) is 11.3 Å². The molecule has 1 atom stereocenters. The molecule has 1 unspecified atom stereocenters. The lowest BCUT2D eigenvalue weighted by molar-refractivity contribution is 0.551. The number of anilines is 1. The number of rotatable bonds is 7. The van der Waals surface area contributed by atoms with Crippen LogP contribution in [0.3, 0.4) is 0 Å². The first-order valence-electron chi connectivity index (χ1n) is 9.68. The van der Waals surface area contributed by atoms with Crippen LogP contribution in [-0.2, 0) is 0 Å². The Morgan fingerprint density at radius 3 is 2.57 bits per heavy atom. The second kappa shape index (κ2) is 8.40. The number of benzene rings is 1. The van der Waals surface area contributed by atoms with Crippen molar-refractivity contribution in [2.45, 2.75) is 39.2 Å². The van der Waals surface area contributed by atoms with Gasteiger partial charge in [-0.1, -0.05) is 30.1 Å². The fraction of sp³-hybridized carbons (Fsp3) is 0.364. The van der Waals surface area contributed by atoms with E-state index in [0.29, 0.717) is 22.0 Å². The highest BCUT2D eigenvalue weighted by atomic mass is 35.5. The van der Waals surface area contributed by atoms with Crippen LogP contribution in [0, 0.1) is 12.8 Å². The highest BCUT2D eigenvalue weighted by Gasteiger charge is 2.37. The van der Waals surface area contributed by atoms with Crippen molar-refractivity contribution in [1.82, 2.24) is 9.97 Å². The Kier molecular flexibility index (Phi) is 5.91. The molecule has 0 bridgehead atoms. The van der Waals surface area contributed by atoms with Crippen LogP contribution in [-0.4, -0.2) is 16.5 Å². The Morgan fingerprint density at radius 2 is 1.93 bits per heavy atom. The summed E-state index contributed by atoms with van der Waals surface area (Å²) in [7, 11) is 0. The minimum Gasteiger partial charge on any atom is -0.341 e. The Balaban J connectivity index is 1.74. The molecule has 3 nitrogen and oxygen atoms in total. The lowest BCUT2D eigenvalue weighted by Crippen LogP contribution is -2.31. The van der Waals surface area contributed by atoms with E-state index in [1.165, 1.54) is 23.3 Å². The summed E-state index contributed by atoms with van der Waals surface area (Å²) in [4.78, 5) is 12.9. The van der Waals surface area contributed by atoms with Gasteiger partial charge in [-0.2, -0.15) is 0 Å². The maximum absolute atomic E-state index is 6.46. The van der Waals surface area contributed by atoms with Gasteiger partial charge in [0.25, 0.3) is 0 Å². The van der Waals surface area contributed by atoms with E-state index >= 15 is 0 Å². The molecule has 3 aromatic rings. The molecular formula is C22H23Cl2N3S. The van der Waals surface area contributed by atoms with E-state index in [9.17, 15) is 0 Å². The predicted octanol–water partition coefficient (Wildman–Crippen LogP) is 7.19. The second-order valence-corrected chi connectivity index (χ2v) is 9.31. The maximum Gasteiger partial charge on any atom is 0.186 e. The zero-order chi connectivity index (χ0) is 19.7. The normalized spacial score (nSPS) is 14.9. The van der Waals surface area contributed by atoms with Crippen molar-refractivity contribution >= 4 is 39.7 Å². The minimum absolute atomic E-state index is 0.349. The van der Waals surface area contributed by atoms with Gasteiger partial charge in [0, 0.05) is 34.4 Å². The fourth-order valence-corrected chi connectivity index (χ4v) is 5.19. The topological polar surface area (TPSA) is 29.0 Å². The van der Waals surface area contributed by atoms with Crippen LogP contribution in [0.4, 0.5) is 5.13 Å². The van der Waals surface area contributed by atoms with Gasteiger partial charge in [-0.15, -0.1) is 11.3 Å². The van der Waals surface area contributed by atoms with Gasteiger partial charge >= 0.3 is 0 Å². The van der Waals surface area contributed by atoms with E-state index in [0.717, 1.165) is 29.4 Å². The number of hydrogen-bond acceptors (Lipinski definition) is 4. The molecule has 28 heavy (non-hydrogen) atoms. The predicted molar refractivity (Wildman–Crippen MR) is 120 cm³/mol. The smallest absolute Gasteiger partial charge is 0.186 e. The Labute approximate surface area is 180 Å². The van der Waals surface area contributed by atoms with Crippen molar-refractivity contribution in [1.29, 1.82) is 0 Å². The molecule has 146 valence electrons. The molecule has 1 aliphatic carbocycles. The monoisotopic (exact) mass is 431 g/mol. The third kappa shape index (κ3) is 4.05. The molecule has 4 rings (SSSR count). The SMILES string of the molecule is CCCN(c1nc(-c2ccc(Cl)cc2Cl)c(C)s1)C(c1ccncc1)C1CC1. The molecule has 0 radical (unpaired) electrons. The van der Waals surface area contributed by atoms with Gasteiger partial charge in [-0.05, 0) is 68.0 Å². The van der Waals surface area contributed by atoms with Crippen molar-refractivity contribution in [3.05, 3.63) is 63.2 Å². The first-order valence-corrected chi connectivity index (χ1v) is 11.2. The van der Waals surface area contributed by atoms with E-state index in [4.69, 9.17) is 28.2 Å². The van der Waals surface area contributed by atoms with Crippen LogP contribution in [0.15, 0.2) is 42.7 Å². The number of hydrogen-bond donors (Lipinski definition) is 0. The molecule has 6 heteroatoms. The molecule has 2 heterocycles. The molecule has 0 saturated heterocycles. The third-order valence-electron chi connectivity index (χ3n) is 5.13. The van der Waals surface area contributed by atoms with Gasteiger partial charge in [0.1, 0.15) is 0 Å². The van der Waals surface area contributed by atoms with Crippen molar-refractivity contribution < 1.29 is 0 Å². The highest BCUT2D eigenvalue weighted by Crippen LogP contribution is 2.47. The standard InChI is InChI=1S/C22H23Cl2N3S/c1-3-12-27(21(15-4-5-15)16-8-10-25-11-9-16)22-26-20(14(2)28-22)18-7-6-17(23)13-19(18)24/h6-11,13,15,21H,3-5,12H2,1-2H3. The van der Waals surface area contributed by atoms with Crippen LogP contribution in [0.5, 0.6) is 0 Å². The van der Waals surface area contributed by atoms with Gasteiger partial charge < -0.3 is 4.90 Å². The van der Waals surface area contributed by atoms with E-state index in [1.807, 2.05) is 24.5 Å². The summed E-state index contributed by atoms with van der Waals surface area (Å²) in [5.41, 5.74) is 3.21. The number of thiazole rings is 1. The van der Waals surface area contributed by atoms with Gasteiger partial charge in [0.2, 0.25) is 0 Å². The molecule has 1 saturated carbocycles. The largest absolute Gasteiger partial charge is 0.341 e. The van der Waals surface area contributed by atoms with Crippen molar-refractivity contribution in [2.24, 2.45) is 5.92 Å². The second-order valence-electron chi connectivity index (χ2n) is 7.28. The maximum atomic E-state index is 6.46. The number of halogens is 2. The average Bonchev–Trinajstić information content (AvgIpc) is 3.44. The van der Waals surface area contributed by atoms with Crippen LogP contribution in [0.25, 0.3) is 11.3 Å². The summed E-state index contributed by atoms with van der Waals surface area (Å²) in [5, 5.41) is 2.34. The van der Waals surface area contributed by atoms with E-state index in [1.54, 1.807) is 17.4 Å². The third-order valence-corrected chi connectivity index (χ3v) is 6.69. The molecule has 1 fully saturated rings. The molecule has 1 aliphatic rings. The molecule has 0 spiro atoms. The van der Waals surface area contributed by atoms with Crippen LogP contribution in [0.2, 0.25) is 10.0 Å². The van der Waals surface area contributed by atoms with E-state index in [2.05, 4.69) is 35.9 Å². The number of aryl methyl sites for hydroxylation is 1. The van der Waals surface area contributed by atoms with Gasteiger partial charge in [-0.25, -0.2) is 4.98 Å². The lowest BCUT2D eigenvalue weighted by Gasteiger charge is -2.32. The zero-order valence-corrected chi connectivity index (χ0v) is 18.4. The summed E-state index contributed by atoms with van der Waals surface area (Å²) < 4.78 is 0. The summed E-state index contributed by atoms with van der Waals surface area (Å²) in [6.45, 7) is 5.31. The van der Waals surface area contributed by atoms with Gasteiger partial charge in [0.15, 0.2) is 5.13 Å². The summed E-state index contributed by atoms with van der Waals surface area (Å²) in [6.07, 6.45) is 7.40. The van der Waals surface area contributed by atoms with Crippen molar-refractivity contribution in [2.75, 3.05) is 11.4 Å². The van der Waals surface area contributed by atoms with Crippen LogP contribution < -0.4 is 4.90 Å². The Hall–Kier alpha value is -1.62. The fourth-order valence-electron chi connectivity index (χ4n) is 3.71. The summed E-state index contributed by atoms with van der Waals surface area (Å²) in [6, 6.07) is 10.2. The van der Waals surface area contributed by atoms with Crippen molar-refractivity contribution in [3.63, 3.8) is 0 Å². The Morgan fingerprint density at radius 1 is 1.18 bits per heavy atom. The van der Waals surface area contributed by atoms with Gasteiger partial charge in [0.05, 0.1) is 16.8 Å². The number of pyridine rings is 1.